The Morgan fingerprint density at radius 2 is 1.74 bits per heavy atom. The fourth-order valence-electron chi connectivity index (χ4n) is 1.98. The fraction of sp³-hybridized carbons (Fsp3) is 0. The predicted octanol–water partition coefficient (Wildman–Crippen LogP) is 3.03. The number of nitrogen functional groups attached to an aromatic ring is 1. The molecule has 0 aliphatic heterocycles. The minimum atomic E-state index is -1.00. The Kier molecular flexibility index (Phi) is 2.45. The highest BCUT2D eigenvalue weighted by molar-refractivity contribution is 5.81. The molecule has 3 nitrogen and oxygen atoms in total. The number of aromatic nitrogens is 2. The maximum atomic E-state index is 13.6. The number of para-hydroxylation sites is 1. The van der Waals surface area contributed by atoms with E-state index < -0.39 is 17.5 Å². The topological polar surface area (TPSA) is 43.8 Å². The lowest BCUT2D eigenvalue weighted by atomic mass is 10.2. The van der Waals surface area contributed by atoms with Crippen molar-refractivity contribution in [2.75, 3.05) is 5.73 Å². The minimum absolute atomic E-state index is 0.00566. The largest absolute Gasteiger partial charge is 0.369 e. The van der Waals surface area contributed by atoms with E-state index in [4.69, 9.17) is 5.73 Å². The number of hydrogen-bond acceptors (Lipinski definition) is 2. The van der Waals surface area contributed by atoms with Crippen LogP contribution in [0, 0.1) is 17.5 Å². The second-order valence-corrected chi connectivity index (χ2v) is 4.01. The van der Waals surface area contributed by atoms with E-state index >= 15 is 0 Å². The summed E-state index contributed by atoms with van der Waals surface area (Å²) < 4.78 is 41.1. The number of benzene rings is 2. The molecule has 6 heteroatoms. The van der Waals surface area contributed by atoms with E-state index in [-0.39, 0.29) is 17.2 Å². The van der Waals surface area contributed by atoms with Gasteiger partial charge in [-0.05, 0) is 24.3 Å². The first kappa shape index (κ1) is 11.6. The summed E-state index contributed by atoms with van der Waals surface area (Å²) in [5, 5.41) is 0. The van der Waals surface area contributed by atoms with Crippen molar-refractivity contribution in [1.29, 1.82) is 0 Å². The zero-order valence-electron chi connectivity index (χ0n) is 9.57. The van der Waals surface area contributed by atoms with Gasteiger partial charge in [-0.2, -0.15) is 0 Å². The van der Waals surface area contributed by atoms with Crippen LogP contribution in [0.25, 0.3) is 16.7 Å². The van der Waals surface area contributed by atoms with Crippen molar-refractivity contribution in [2.24, 2.45) is 0 Å². The van der Waals surface area contributed by atoms with Crippen LogP contribution in [0.4, 0.5) is 19.1 Å². The van der Waals surface area contributed by atoms with Crippen molar-refractivity contribution < 1.29 is 13.2 Å². The van der Waals surface area contributed by atoms with Crippen LogP contribution in [0.2, 0.25) is 0 Å². The summed E-state index contributed by atoms with van der Waals surface area (Å²) >= 11 is 0. The first-order chi connectivity index (χ1) is 9.08. The van der Waals surface area contributed by atoms with Crippen LogP contribution < -0.4 is 5.73 Å². The van der Waals surface area contributed by atoms with Gasteiger partial charge >= 0.3 is 0 Å². The Morgan fingerprint density at radius 1 is 0.947 bits per heavy atom. The molecular formula is C13H8F3N3. The molecule has 0 radical (unpaired) electrons. The van der Waals surface area contributed by atoms with Crippen LogP contribution in [0.5, 0.6) is 0 Å². The van der Waals surface area contributed by atoms with Crippen molar-refractivity contribution >= 4 is 17.0 Å². The summed E-state index contributed by atoms with van der Waals surface area (Å²) in [7, 11) is 0. The molecule has 0 amide bonds. The molecule has 0 saturated carbocycles. The highest BCUT2D eigenvalue weighted by Gasteiger charge is 2.14. The molecule has 0 unspecified atom stereocenters. The lowest BCUT2D eigenvalue weighted by Gasteiger charge is -2.06. The molecule has 0 fully saturated rings. The van der Waals surface area contributed by atoms with E-state index in [1.807, 2.05) is 0 Å². The Labute approximate surface area is 106 Å². The van der Waals surface area contributed by atoms with Crippen molar-refractivity contribution in [3.8, 4) is 5.69 Å². The second kappa shape index (κ2) is 4.01. The number of anilines is 1. The molecule has 3 aromatic rings. The van der Waals surface area contributed by atoms with E-state index in [1.165, 1.54) is 22.8 Å². The molecule has 2 aromatic carbocycles. The first-order valence-electron chi connectivity index (χ1n) is 5.46. The van der Waals surface area contributed by atoms with Crippen LogP contribution in [0.15, 0.2) is 36.4 Å². The van der Waals surface area contributed by atoms with Gasteiger partial charge in [0, 0.05) is 6.07 Å². The molecule has 0 atom stereocenters. The molecule has 0 aliphatic rings. The number of hydrogen-bond donors (Lipinski definition) is 1. The molecule has 0 saturated heterocycles. The van der Waals surface area contributed by atoms with Gasteiger partial charge in [0.15, 0.2) is 17.5 Å². The molecule has 96 valence electrons. The van der Waals surface area contributed by atoms with Gasteiger partial charge in [0.25, 0.3) is 0 Å². The standard InChI is InChI=1S/C13H8F3N3/c14-8-5-4-7(6-10(8)16)19-11-3-1-2-9(15)12(11)18-13(19)17/h1-6H,(H2,17,18). The third-order valence-corrected chi connectivity index (χ3v) is 2.82. The zero-order valence-corrected chi connectivity index (χ0v) is 9.57. The lowest BCUT2D eigenvalue weighted by molar-refractivity contribution is 0.508. The average molecular weight is 263 g/mol. The maximum Gasteiger partial charge on any atom is 0.206 e. The van der Waals surface area contributed by atoms with E-state index in [9.17, 15) is 13.2 Å². The van der Waals surface area contributed by atoms with Crippen LogP contribution in [0.3, 0.4) is 0 Å². The van der Waals surface area contributed by atoms with E-state index in [2.05, 4.69) is 4.98 Å². The Hall–Kier alpha value is -2.50. The summed E-state index contributed by atoms with van der Waals surface area (Å²) in [6, 6.07) is 7.66. The molecule has 0 spiro atoms. The highest BCUT2D eigenvalue weighted by Crippen LogP contribution is 2.25. The van der Waals surface area contributed by atoms with Gasteiger partial charge in [0.2, 0.25) is 5.95 Å². The Morgan fingerprint density at radius 3 is 2.47 bits per heavy atom. The molecular weight excluding hydrogens is 255 g/mol. The van der Waals surface area contributed by atoms with Gasteiger partial charge in [0.05, 0.1) is 11.2 Å². The number of nitrogens with zero attached hydrogens (tertiary/aromatic N) is 2. The summed E-state index contributed by atoms with van der Waals surface area (Å²) in [5.41, 5.74) is 6.47. The minimum Gasteiger partial charge on any atom is -0.369 e. The number of fused-ring (bicyclic) bond motifs is 1. The predicted molar refractivity (Wildman–Crippen MR) is 65.4 cm³/mol. The Bertz CT molecular complexity index is 780. The Balaban J connectivity index is 2.33. The number of halogens is 3. The number of imidazole rings is 1. The average Bonchev–Trinajstić information content (AvgIpc) is 2.71. The second-order valence-electron chi connectivity index (χ2n) is 4.01. The van der Waals surface area contributed by atoms with Gasteiger partial charge in [-0.15, -0.1) is 0 Å². The molecule has 19 heavy (non-hydrogen) atoms. The van der Waals surface area contributed by atoms with E-state index in [0.717, 1.165) is 12.1 Å². The summed E-state index contributed by atoms with van der Waals surface area (Å²) in [6.45, 7) is 0. The molecule has 3 rings (SSSR count). The van der Waals surface area contributed by atoms with Crippen LogP contribution in [-0.4, -0.2) is 9.55 Å². The SMILES string of the molecule is Nc1nc2c(F)cccc2n1-c1ccc(F)c(F)c1. The number of nitrogens with two attached hydrogens (primary N) is 1. The first-order valence-corrected chi connectivity index (χ1v) is 5.46. The van der Waals surface area contributed by atoms with Crippen molar-refractivity contribution in [1.82, 2.24) is 9.55 Å². The summed E-state index contributed by atoms with van der Waals surface area (Å²) in [5.74, 6) is -2.48. The molecule has 2 N–H and O–H groups in total. The molecule has 0 bridgehead atoms. The molecule has 0 aliphatic carbocycles. The van der Waals surface area contributed by atoms with Crippen molar-refractivity contribution in [3.63, 3.8) is 0 Å². The maximum absolute atomic E-state index is 13.6. The van der Waals surface area contributed by atoms with E-state index in [0.29, 0.717) is 5.52 Å². The molecule has 1 heterocycles. The van der Waals surface area contributed by atoms with Gasteiger partial charge in [-0.3, -0.25) is 4.57 Å². The quantitative estimate of drug-likeness (QED) is 0.733. The van der Waals surface area contributed by atoms with Crippen molar-refractivity contribution in [2.45, 2.75) is 0 Å². The monoisotopic (exact) mass is 263 g/mol. The molecule has 1 aromatic heterocycles. The highest BCUT2D eigenvalue weighted by atomic mass is 19.2. The van der Waals surface area contributed by atoms with Crippen LogP contribution >= 0.6 is 0 Å². The van der Waals surface area contributed by atoms with Gasteiger partial charge in [-0.25, -0.2) is 18.2 Å². The lowest BCUT2D eigenvalue weighted by Crippen LogP contribution is -2.01. The third kappa shape index (κ3) is 1.72. The third-order valence-electron chi connectivity index (χ3n) is 2.82. The zero-order chi connectivity index (χ0) is 13.6. The van der Waals surface area contributed by atoms with Gasteiger partial charge in [-0.1, -0.05) is 6.07 Å². The van der Waals surface area contributed by atoms with Gasteiger partial charge < -0.3 is 5.73 Å². The normalized spacial score (nSPS) is 11.1. The van der Waals surface area contributed by atoms with Gasteiger partial charge in [0.1, 0.15) is 5.52 Å². The van der Waals surface area contributed by atoms with Crippen LogP contribution in [-0.2, 0) is 0 Å². The fourth-order valence-corrected chi connectivity index (χ4v) is 1.98. The van der Waals surface area contributed by atoms with Crippen LogP contribution in [0.1, 0.15) is 0 Å². The van der Waals surface area contributed by atoms with Crippen molar-refractivity contribution in [3.05, 3.63) is 53.8 Å². The van der Waals surface area contributed by atoms with E-state index in [1.54, 1.807) is 6.07 Å². The summed E-state index contributed by atoms with van der Waals surface area (Å²) in [6.07, 6.45) is 0. The summed E-state index contributed by atoms with van der Waals surface area (Å²) in [4.78, 5) is 3.89. The number of rotatable bonds is 1. The smallest absolute Gasteiger partial charge is 0.206 e.